The predicted octanol–water partition coefficient (Wildman–Crippen LogP) is 4.77. The summed E-state index contributed by atoms with van der Waals surface area (Å²) in [5, 5.41) is 0. The van der Waals surface area contributed by atoms with Gasteiger partial charge in [-0.25, -0.2) is 4.79 Å². The number of esters is 1. The molecule has 0 radical (unpaired) electrons. The molecule has 1 aliphatic heterocycles. The molecular formula is C28H28N2O5. The highest BCUT2D eigenvalue weighted by Gasteiger charge is 2.43. The number of methoxy groups -OCH3 is 1. The summed E-state index contributed by atoms with van der Waals surface area (Å²) < 4.78 is 10.7. The number of amides is 2. The molecule has 3 aromatic carbocycles. The quantitative estimate of drug-likeness (QED) is 0.483. The summed E-state index contributed by atoms with van der Waals surface area (Å²) in [6.45, 7) is 3.41. The third-order valence-electron chi connectivity index (χ3n) is 6.09. The molecule has 0 aliphatic carbocycles. The number of benzene rings is 3. The molecule has 0 aromatic heterocycles. The van der Waals surface area contributed by atoms with Gasteiger partial charge in [-0.15, -0.1) is 0 Å². The number of rotatable bonds is 6. The van der Waals surface area contributed by atoms with E-state index in [0.717, 1.165) is 11.3 Å². The molecule has 0 saturated carbocycles. The summed E-state index contributed by atoms with van der Waals surface area (Å²) in [5.74, 6) is -0.480. The van der Waals surface area contributed by atoms with Gasteiger partial charge in [-0.1, -0.05) is 42.5 Å². The number of carbonyl (C=O) groups is 3. The Morgan fingerprint density at radius 3 is 2.37 bits per heavy atom. The van der Waals surface area contributed by atoms with Gasteiger partial charge in [0.15, 0.2) is 0 Å². The Morgan fingerprint density at radius 1 is 0.971 bits per heavy atom. The van der Waals surface area contributed by atoms with Crippen molar-refractivity contribution in [3.05, 3.63) is 90.0 Å². The van der Waals surface area contributed by atoms with Crippen molar-refractivity contribution in [1.82, 2.24) is 0 Å². The first-order valence-electron chi connectivity index (χ1n) is 11.5. The van der Waals surface area contributed by atoms with E-state index in [2.05, 4.69) is 0 Å². The lowest BCUT2D eigenvalue weighted by Gasteiger charge is -2.43. The lowest BCUT2D eigenvalue weighted by atomic mass is 9.88. The Hall–Kier alpha value is -4.13. The molecule has 2 atom stereocenters. The van der Waals surface area contributed by atoms with E-state index < -0.39 is 18.1 Å². The van der Waals surface area contributed by atoms with E-state index >= 15 is 0 Å². The molecule has 0 N–H and O–H groups in total. The average molecular weight is 473 g/mol. The smallest absolute Gasteiger partial charge is 0.329 e. The molecule has 3 aromatic rings. The Bertz CT molecular complexity index is 1230. The van der Waals surface area contributed by atoms with Crippen LogP contribution in [0, 0.1) is 0 Å². The third-order valence-corrected chi connectivity index (χ3v) is 6.09. The highest BCUT2D eigenvalue weighted by Crippen LogP contribution is 2.43. The van der Waals surface area contributed by atoms with Crippen molar-refractivity contribution in [2.75, 3.05) is 23.5 Å². The van der Waals surface area contributed by atoms with Crippen LogP contribution in [-0.2, 0) is 14.3 Å². The predicted molar refractivity (Wildman–Crippen MR) is 134 cm³/mol. The van der Waals surface area contributed by atoms with Crippen LogP contribution in [-0.4, -0.2) is 37.5 Å². The monoisotopic (exact) mass is 472 g/mol. The summed E-state index contributed by atoms with van der Waals surface area (Å²) in [4.78, 5) is 43.1. The molecular weight excluding hydrogens is 444 g/mol. The number of hydrogen-bond donors (Lipinski definition) is 0. The SMILES string of the molecule is CCOC(=O)[C@@H]1C[C@H](N(C(C)=O)c2ccccc2)c2ccccc2N1C(=O)c1cccc(OC)c1. The van der Waals surface area contributed by atoms with Gasteiger partial charge in [-0.2, -0.15) is 0 Å². The van der Waals surface area contributed by atoms with Gasteiger partial charge in [0, 0.05) is 24.6 Å². The van der Waals surface area contributed by atoms with Gasteiger partial charge in [0.25, 0.3) is 5.91 Å². The number of anilines is 2. The Morgan fingerprint density at radius 2 is 1.69 bits per heavy atom. The van der Waals surface area contributed by atoms with Crippen LogP contribution in [0.5, 0.6) is 5.75 Å². The van der Waals surface area contributed by atoms with E-state index in [1.54, 1.807) is 42.2 Å². The van der Waals surface area contributed by atoms with Crippen molar-refractivity contribution >= 4 is 29.2 Å². The molecule has 35 heavy (non-hydrogen) atoms. The van der Waals surface area contributed by atoms with E-state index in [9.17, 15) is 14.4 Å². The van der Waals surface area contributed by atoms with Crippen LogP contribution in [0.15, 0.2) is 78.9 Å². The van der Waals surface area contributed by atoms with Crippen molar-refractivity contribution in [3.63, 3.8) is 0 Å². The molecule has 0 fully saturated rings. The number of para-hydroxylation sites is 2. The second-order valence-electron chi connectivity index (χ2n) is 8.21. The van der Waals surface area contributed by atoms with E-state index in [4.69, 9.17) is 9.47 Å². The maximum absolute atomic E-state index is 13.8. The molecule has 0 bridgehead atoms. The minimum atomic E-state index is -0.917. The number of nitrogens with zero attached hydrogens (tertiary/aromatic N) is 2. The number of ether oxygens (including phenoxy) is 2. The van der Waals surface area contributed by atoms with Crippen LogP contribution in [0.3, 0.4) is 0 Å². The normalized spacial score (nSPS) is 16.7. The second kappa shape index (κ2) is 10.4. The van der Waals surface area contributed by atoms with Gasteiger partial charge in [0.05, 0.1) is 25.4 Å². The topological polar surface area (TPSA) is 76.2 Å². The van der Waals surface area contributed by atoms with Crippen LogP contribution < -0.4 is 14.5 Å². The lowest BCUT2D eigenvalue weighted by molar-refractivity contribution is -0.145. The lowest BCUT2D eigenvalue weighted by Crippen LogP contribution is -2.52. The Labute approximate surface area is 204 Å². The van der Waals surface area contributed by atoms with Crippen LogP contribution in [0.4, 0.5) is 11.4 Å². The highest BCUT2D eigenvalue weighted by atomic mass is 16.5. The summed E-state index contributed by atoms with van der Waals surface area (Å²) >= 11 is 0. The summed E-state index contributed by atoms with van der Waals surface area (Å²) in [6.07, 6.45) is 0.194. The Kier molecular flexibility index (Phi) is 7.15. The fourth-order valence-corrected chi connectivity index (χ4v) is 4.60. The molecule has 0 unspecified atom stereocenters. The minimum absolute atomic E-state index is 0.161. The third kappa shape index (κ3) is 4.75. The zero-order chi connectivity index (χ0) is 24.9. The average Bonchev–Trinajstić information content (AvgIpc) is 2.88. The van der Waals surface area contributed by atoms with E-state index in [0.29, 0.717) is 17.0 Å². The second-order valence-corrected chi connectivity index (χ2v) is 8.21. The molecule has 180 valence electrons. The van der Waals surface area contributed by atoms with Gasteiger partial charge < -0.3 is 14.4 Å². The van der Waals surface area contributed by atoms with Crippen molar-refractivity contribution in [1.29, 1.82) is 0 Å². The molecule has 1 aliphatic rings. The Balaban J connectivity index is 1.86. The van der Waals surface area contributed by atoms with Crippen LogP contribution >= 0.6 is 0 Å². The van der Waals surface area contributed by atoms with Crippen LogP contribution in [0.2, 0.25) is 0 Å². The molecule has 7 heteroatoms. The molecule has 0 saturated heterocycles. The summed E-state index contributed by atoms with van der Waals surface area (Å²) in [5.41, 5.74) is 2.45. The van der Waals surface area contributed by atoms with Crippen molar-refractivity contribution in [3.8, 4) is 5.75 Å². The fraction of sp³-hybridized carbons (Fsp3) is 0.250. The van der Waals surface area contributed by atoms with Crippen molar-refractivity contribution < 1.29 is 23.9 Å². The minimum Gasteiger partial charge on any atom is -0.497 e. The first kappa shape index (κ1) is 24.0. The van der Waals surface area contributed by atoms with Gasteiger partial charge in [-0.3, -0.25) is 14.5 Å². The molecule has 1 heterocycles. The number of hydrogen-bond acceptors (Lipinski definition) is 5. The van der Waals surface area contributed by atoms with E-state index in [-0.39, 0.29) is 24.8 Å². The zero-order valence-electron chi connectivity index (χ0n) is 20.0. The molecule has 0 spiro atoms. The molecule has 2 amide bonds. The van der Waals surface area contributed by atoms with Gasteiger partial charge >= 0.3 is 5.97 Å². The van der Waals surface area contributed by atoms with Crippen LogP contribution in [0.1, 0.15) is 42.2 Å². The molecule has 7 nitrogen and oxygen atoms in total. The van der Waals surface area contributed by atoms with Crippen LogP contribution in [0.25, 0.3) is 0 Å². The highest BCUT2D eigenvalue weighted by molar-refractivity contribution is 6.10. The standard InChI is InChI=1S/C28H28N2O5/c1-4-35-28(33)26-18-25(29(19(2)31)21-12-6-5-7-13-21)23-15-8-9-16-24(23)30(26)27(32)20-11-10-14-22(17-20)34-3/h5-17,25-26H,4,18H2,1-3H3/t25-,26-/m0/s1. The maximum atomic E-state index is 13.8. The van der Waals surface area contributed by atoms with Gasteiger partial charge in [0.2, 0.25) is 5.91 Å². The summed E-state index contributed by atoms with van der Waals surface area (Å²) in [7, 11) is 1.53. The van der Waals surface area contributed by atoms with Gasteiger partial charge in [-0.05, 0) is 48.9 Å². The maximum Gasteiger partial charge on any atom is 0.329 e. The zero-order valence-corrected chi connectivity index (χ0v) is 20.0. The largest absolute Gasteiger partial charge is 0.497 e. The molecule has 4 rings (SSSR count). The number of fused-ring (bicyclic) bond motifs is 1. The first-order valence-corrected chi connectivity index (χ1v) is 11.5. The first-order chi connectivity index (χ1) is 17.0. The number of carbonyl (C=O) groups excluding carboxylic acids is 3. The van der Waals surface area contributed by atoms with Gasteiger partial charge in [0.1, 0.15) is 11.8 Å². The van der Waals surface area contributed by atoms with Crippen molar-refractivity contribution in [2.24, 2.45) is 0 Å². The van der Waals surface area contributed by atoms with E-state index in [1.807, 2.05) is 48.5 Å². The summed E-state index contributed by atoms with van der Waals surface area (Å²) in [6, 6.07) is 22.1. The van der Waals surface area contributed by atoms with Crippen molar-refractivity contribution in [2.45, 2.75) is 32.4 Å². The van der Waals surface area contributed by atoms with E-state index in [1.165, 1.54) is 18.9 Å². The fourth-order valence-electron chi connectivity index (χ4n) is 4.60.